The third-order valence-electron chi connectivity index (χ3n) is 3.33. The molecule has 1 amide bonds. The molecule has 0 bridgehead atoms. The van der Waals surface area contributed by atoms with Crippen LogP contribution in [-0.4, -0.2) is 61.0 Å². The molecule has 14 heavy (non-hydrogen) atoms. The number of amides is 1. The van der Waals surface area contributed by atoms with Gasteiger partial charge in [0.15, 0.2) is 0 Å². The number of hydrogen-bond donors (Lipinski definition) is 1. The molecule has 0 aromatic rings. The molecule has 80 valence electrons. The zero-order valence-electron chi connectivity index (χ0n) is 8.99. The average molecular weight is 197 g/mol. The number of hydrogen-bond acceptors (Lipinski definition) is 3. The van der Waals surface area contributed by atoms with E-state index in [1.54, 1.807) is 0 Å². The van der Waals surface area contributed by atoms with Crippen molar-refractivity contribution in [2.45, 2.75) is 25.4 Å². The fourth-order valence-corrected chi connectivity index (χ4v) is 2.57. The zero-order valence-corrected chi connectivity index (χ0v) is 8.99. The van der Waals surface area contributed by atoms with Crippen LogP contribution in [0.2, 0.25) is 0 Å². The number of likely N-dealkylation sites (N-methyl/N-ethyl adjacent to an activating group) is 1. The van der Waals surface area contributed by atoms with Gasteiger partial charge in [0.25, 0.3) is 0 Å². The lowest BCUT2D eigenvalue weighted by molar-refractivity contribution is -0.144. The average Bonchev–Trinajstić information content (AvgIpc) is 2.20. The van der Waals surface area contributed by atoms with E-state index in [9.17, 15) is 4.79 Å². The second-order valence-corrected chi connectivity index (χ2v) is 4.24. The van der Waals surface area contributed by atoms with Crippen LogP contribution in [0.15, 0.2) is 0 Å². The number of fused-ring (bicyclic) bond motifs is 1. The Labute approximate surface area is 85.2 Å². The van der Waals surface area contributed by atoms with Gasteiger partial charge in [-0.15, -0.1) is 0 Å². The Bertz CT molecular complexity index is 231. The summed E-state index contributed by atoms with van der Waals surface area (Å²) in [4.78, 5) is 16.1. The molecular formula is C10H19N3O. The SMILES string of the molecule is CCC1C(=O)N(C)CC2CNCCN21. The molecule has 0 aromatic heterocycles. The van der Waals surface area contributed by atoms with E-state index in [-0.39, 0.29) is 6.04 Å². The standard InChI is InChI=1S/C10H19N3O/c1-3-9-10(14)12(2)7-8-6-11-4-5-13(8)9/h8-9,11H,3-7H2,1-2H3. The molecule has 0 aromatic carbocycles. The van der Waals surface area contributed by atoms with E-state index in [1.807, 2.05) is 11.9 Å². The molecule has 2 heterocycles. The minimum absolute atomic E-state index is 0.126. The normalized spacial score (nSPS) is 34.4. The van der Waals surface area contributed by atoms with Crippen molar-refractivity contribution in [3.8, 4) is 0 Å². The largest absolute Gasteiger partial charge is 0.343 e. The number of piperazine rings is 2. The lowest BCUT2D eigenvalue weighted by Gasteiger charge is -2.47. The fraction of sp³-hybridized carbons (Fsp3) is 0.900. The highest BCUT2D eigenvalue weighted by molar-refractivity contribution is 5.82. The smallest absolute Gasteiger partial charge is 0.239 e. The summed E-state index contributed by atoms with van der Waals surface area (Å²) in [6, 6.07) is 0.650. The number of carbonyl (C=O) groups is 1. The maximum Gasteiger partial charge on any atom is 0.239 e. The quantitative estimate of drug-likeness (QED) is 0.616. The lowest BCUT2D eigenvalue weighted by Crippen LogP contribution is -2.66. The maximum absolute atomic E-state index is 11.9. The van der Waals surface area contributed by atoms with E-state index in [2.05, 4.69) is 17.1 Å². The third-order valence-corrected chi connectivity index (χ3v) is 3.33. The van der Waals surface area contributed by atoms with Crippen LogP contribution < -0.4 is 5.32 Å². The van der Waals surface area contributed by atoms with Crippen LogP contribution in [-0.2, 0) is 4.79 Å². The minimum Gasteiger partial charge on any atom is -0.343 e. The molecule has 4 nitrogen and oxygen atoms in total. The van der Waals surface area contributed by atoms with Gasteiger partial charge in [-0.1, -0.05) is 6.92 Å². The molecule has 0 spiro atoms. The highest BCUT2D eigenvalue weighted by Gasteiger charge is 2.38. The minimum atomic E-state index is 0.126. The molecule has 2 atom stereocenters. The van der Waals surface area contributed by atoms with Gasteiger partial charge in [-0.25, -0.2) is 0 Å². The second kappa shape index (κ2) is 3.87. The Morgan fingerprint density at radius 1 is 1.57 bits per heavy atom. The van der Waals surface area contributed by atoms with E-state index in [0.29, 0.717) is 11.9 Å². The number of nitrogens with zero attached hydrogens (tertiary/aromatic N) is 2. The van der Waals surface area contributed by atoms with Gasteiger partial charge in [-0.2, -0.15) is 0 Å². The van der Waals surface area contributed by atoms with Crippen LogP contribution in [0.5, 0.6) is 0 Å². The van der Waals surface area contributed by atoms with Gasteiger partial charge < -0.3 is 10.2 Å². The van der Waals surface area contributed by atoms with Gasteiger partial charge in [0, 0.05) is 39.3 Å². The molecule has 2 unspecified atom stereocenters. The Morgan fingerprint density at radius 2 is 2.36 bits per heavy atom. The summed E-state index contributed by atoms with van der Waals surface area (Å²) < 4.78 is 0. The molecule has 2 aliphatic heterocycles. The first kappa shape index (κ1) is 9.93. The second-order valence-electron chi connectivity index (χ2n) is 4.24. The summed E-state index contributed by atoms with van der Waals surface area (Å²) in [6.45, 7) is 6.03. The van der Waals surface area contributed by atoms with Crippen molar-refractivity contribution in [2.24, 2.45) is 0 Å². The third kappa shape index (κ3) is 1.53. The Hall–Kier alpha value is -0.610. The molecule has 2 saturated heterocycles. The van der Waals surface area contributed by atoms with E-state index < -0.39 is 0 Å². The number of rotatable bonds is 1. The highest BCUT2D eigenvalue weighted by Crippen LogP contribution is 2.19. The van der Waals surface area contributed by atoms with Crippen molar-refractivity contribution < 1.29 is 4.79 Å². The van der Waals surface area contributed by atoms with Crippen molar-refractivity contribution in [3.63, 3.8) is 0 Å². The van der Waals surface area contributed by atoms with E-state index in [4.69, 9.17) is 0 Å². The zero-order chi connectivity index (χ0) is 10.1. The first-order valence-electron chi connectivity index (χ1n) is 5.45. The lowest BCUT2D eigenvalue weighted by atomic mass is 10.0. The first-order chi connectivity index (χ1) is 6.74. The fourth-order valence-electron chi connectivity index (χ4n) is 2.57. The van der Waals surface area contributed by atoms with Crippen LogP contribution in [0.1, 0.15) is 13.3 Å². The van der Waals surface area contributed by atoms with Crippen molar-refractivity contribution >= 4 is 5.91 Å². The van der Waals surface area contributed by atoms with E-state index >= 15 is 0 Å². The van der Waals surface area contributed by atoms with Crippen LogP contribution >= 0.6 is 0 Å². The molecule has 1 N–H and O–H groups in total. The summed E-state index contributed by atoms with van der Waals surface area (Å²) in [5.74, 6) is 0.297. The van der Waals surface area contributed by atoms with Crippen molar-refractivity contribution in [1.29, 1.82) is 0 Å². The predicted octanol–water partition coefficient (Wildman–Crippen LogP) is -0.489. The summed E-state index contributed by atoms with van der Waals surface area (Å²) in [7, 11) is 1.91. The monoisotopic (exact) mass is 197 g/mol. The van der Waals surface area contributed by atoms with Crippen LogP contribution in [0.4, 0.5) is 0 Å². The molecule has 0 saturated carbocycles. The highest BCUT2D eigenvalue weighted by atomic mass is 16.2. The van der Waals surface area contributed by atoms with Gasteiger partial charge in [0.2, 0.25) is 5.91 Å². The summed E-state index contributed by atoms with van der Waals surface area (Å²) in [5.41, 5.74) is 0. The van der Waals surface area contributed by atoms with E-state index in [0.717, 1.165) is 32.6 Å². The Balaban J connectivity index is 2.14. The number of carbonyl (C=O) groups excluding carboxylic acids is 1. The van der Waals surface area contributed by atoms with Crippen molar-refractivity contribution in [2.75, 3.05) is 33.2 Å². The summed E-state index contributed by atoms with van der Waals surface area (Å²) in [6.07, 6.45) is 0.930. The van der Waals surface area contributed by atoms with Crippen LogP contribution in [0.25, 0.3) is 0 Å². The van der Waals surface area contributed by atoms with E-state index in [1.165, 1.54) is 0 Å². The van der Waals surface area contributed by atoms with Gasteiger partial charge in [0.1, 0.15) is 0 Å². The molecular weight excluding hydrogens is 178 g/mol. The molecule has 2 aliphatic rings. The molecule has 4 heteroatoms. The number of nitrogens with one attached hydrogen (secondary N) is 1. The van der Waals surface area contributed by atoms with Crippen molar-refractivity contribution in [1.82, 2.24) is 15.1 Å². The molecule has 2 fully saturated rings. The summed E-state index contributed by atoms with van der Waals surface area (Å²) >= 11 is 0. The molecule has 2 rings (SSSR count). The van der Waals surface area contributed by atoms with Gasteiger partial charge >= 0.3 is 0 Å². The summed E-state index contributed by atoms with van der Waals surface area (Å²) in [5, 5.41) is 3.38. The molecule has 0 aliphatic carbocycles. The Morgan fingerprint density at radius 3 is 3.07 bits per heavy atom. The first-order valence-corrected chi connectivity index (χ1v) is 5.45. The van der Waals surface area contributed by atoms with Crippen LogP contribution in [0, 0.1) is 0 Å². The van der Waals surface area contributed by atoms with Crippen molar-refractivity contribution in [3.05, 3.63) is 0 Å². The maximum atomic E-state index is 11.9. The predicted molar refractivity (Wildman–Crippen MR) is 55.1 cm³/mol. The Kier molecular flexibility index (Phi) is 2.74. The van der Waals surface area contributed by atoms with Crippen LogP contribution in [0.3, 0.4) is 0 Å². The van der Waals surface area contributed by atoms with Gasteiger partial charge in [-0.3, -0.25) is 9.69 Å². The molecule has 0 radical (unpaired) electrons. The van der Waals surface area contributed by atoms with Gasteiger partial charge in [-0.05, 0) is 6.42 Å². The topological polar surface area (TPSA) is 35.6 Å². The van der Waals surface area contributed by atoms with Gasteiger partial charge in [0.05, 0.1) is 6.04 Å².